The normalized spacial score (nSPS) is 17.4. The number of amides is 3. The molecule has 1 aromatic heterocycles. The number of nitrogens with zero attached hydrogens (tertiary/aromatic N) is 2. The molecule has 7 N–H and O–H groups in total. The molecule has 0 saturated carbocycles. The van der Waals surface area contributed by atoms with Gasteiger partial charge in [0, 0.05) is 24.9 Å². The van der Waals surface area contributed by atoms with Gasteiger partial charge in [-0.3, -0.25) is 19.2 Å². The van der Waals surface area contributed by atoms with Gasteiger partial charge in [-0.1, -0.05) is 30.3 Å². The average molecular weight is 515 g/mol. The fourth-order valence-electron chi connectivity index (χ4n) is 4.20. The van der Waals surface area contributed by atoms with E-state index in [2.05, 4.69) is 20.6 Å². The quantitative estimate of drug-likeness (QED) is 0.206. The molecule has 2 heterocycles. The molecule has 4 unspecified atom stereocenters. The van der Waals surface area contributed by atoms with Crippen molar-refractivity contribution in [3.63, 3.8) is 0 Å². The van der Waals surface area contributed by atoms with Crippen molar-refractivity contribution in [3.05, 3.63) is 54.1 Å². The van der Waals surface area contributed by atoms with Crippen LogP contribution >= 0.6 is 0 Å². The Morgan fingerprint density at radius 1 is 1.05 bits per heavy atom. The van der Waals surface area contributed by atoms with Gasteiger partial charge < -0.3 is 36.5 Å². The van der Waals surface area contributed by atoms with Gasteiger partial charge in [-0.15, -0.1) is 0 Å². The Bertz CT molecular complexity index is 1110. The number of nitrogens with two attached hydrogens (primary N) is 1. The van der Waals surface area contributed by atoms with E-state index in [4.69, 9.17) is 5.73 Å². The highest BCUT2D eigenvalue weighted by molar-refractivity contribution is 5.96. The van der Waals surface area contributed by atoms with Gasteiger partial charge in [0.05, 0.1) is 18.8 Å². The van der Waals surface area contributed by atoms with Crippen LogP contribution in [0.5, 0.6) is 0 Å². The third kappa shape index (κ3) is 7.61. The summed E-state index contributed by atoms with van der Waals surface area (Å²) in [4.78, 5) is 70.0. The van der Waals surface area contributed by atoms with Crippen LogP contribution in [0.15, 0.2) is 42.9 Å². The Hall–Kier alpha value is -4.26. The first-order valence-corrected chi connectivity index (χ1v) is 11.8. The largest absolute Gasteiger partial charge is 0.481 e. The fraction of sp³-hybridized carbons (Fsp3) is 0.417. The highest BCUT2D eigenvalue weighted by atomic mass is 16.4. The Kier molecular flexibility index (Phi) is 9.33. The predicted octanol–water partition coefficient (Wildman–Crippen LogP) is -0.958. The van der Waals surface area contributed by atoms with E-state index in [9.17, 15) is 34.2 Å². The van der Waals surface area contributed by atoms with E-state index in [0.29, 0.717) is 12.1 Å². The summed E-state index contributed by atoms with van der Waals surface area (Å²) in [7, 11) is 0. The summed E-state index contributed by atoms with van der Waals surface area (Å²) in [5.41, 5.74) is 7.26. The number of nitrogens with one attached hydrogen (secondary N) is 3. The number of carbonyl (C=O) groups is 5. The minimum absolute atomic E-state index is 0.0470. The lowest BCUT2D eigenvalue weighted by molar-refractivity contribution is -0.149. The van der Waals surface area contributed by atoms with Crippen LogP contribution < -0.4 is 16.4 Å². The summed E-state index contributed by atoms with van der Waals surface area (Å²) in [5.74, 6) is -4.77. The molecule has 1 fully saturated rings. The summed E-state index contributed by atoms with van der Waals surface area (Å²) in [6, 6.07) is 4.13. The van der Waals surface area contributed by atoms with E-state index >= 15 is 0 Å². The molecule has 0 spiro atoms. The lowest BCUT2D eigenvalue weighted by Crippen LogP contribution is -2.58. The first kappa shape index (κ1) is 27.3. The van der Waals surface area contributed by atoms with Gasteiger partial charge in [-0.2, -0.15) is 0 Å². The second kappa shape index (κ2) is 12.6. The minimum Gasteiger partial charge on any atom is -0.481 e. The number of imidazole rings is 1. The Labute approximate surface area is 212 Å². The zero-order valence-electron chi connectivity index (χ0n) is 20.0. The monoisotopic (exact) mass is 514 g/mol. The number of hydrogen-bond acceptors (Lipinski definition) is 7. The van der Waals surface area contributed by atoms with E-state index < -0.39 is 60.2 Å². The van der Waals surface area contributed by atoms with Crippen LogP contribution in [0.25, 0.3) is 0 Å². The maximum absolute atomic E-state index is 13.3. The van der Waals surface area contributed by atoms with Crippen molar-refractivity contribution in [1.82, 2.24) is 25.5 Å². The molecule has 0 aliphatic carbocycles. The van der Waals surface area contributed by atoms with Crippen molar-refractivity contribution in [1.29, 1.82) is 0 Å². The zero-order chi connectivity index (χ0) is 26.9. The van der Waals surface area contributed by atoms with Crippen LogP contribution in [0.3, 0.4) is 0 Å². The topological polar surface area (TPSA) is 208 Å². The summed E-state index contributed by atoms with van der Waals surface area (Å²) in [5, 5.41) is 23.7. The SMILES string of the molecule is NC(Cc1ccccc1)C(=O)NC(CC(=O)O)C(=O)NC(Cc1cnc[nH]1)C(=O)N1CCCC1C(=O)O. The van der Waals surface area contributed by atoms with Gasteiger partial charge in [0.25, 0.3) is 0 Å². The molecule has 4 atom stereocenters. The summed E-state index contributed by atoms with van der Waals surface area (Å²) in [6.45, 7) is 0.203. The number of rotatable bonds is 12. The lowest BCUT2D eigenvalue weighted by atomic mass is 10.0. The Morgan fingerprint density at radius 3 is 2.38 bits per heavy atom. The van der Waals surface area contributed by atoms with E-state index in [0.717, 1.165) is 5.56 Å². The lowest BCUT2D eigenvalue weighted by Gasteiger charge is -2.28. The fourth-order valence-corrected chi connectivity index (χ4v) is 4.20. The maximum Gasteiger partial charge on any atom is 0.326 e. The number of benzene rings is 1. The second-order valence-corrected chi connectivity index (χ2v) is 8.83. The second-order valence-electron chi connectivity index (χ2n) is 8.83. The molecule has 1 aromatic carbocycles. The molecule has 0 radical (unpaired) electrons. The van der Waals surface area contributed by atoms with Crippen LogP contribution in [-0.4, -0.2) is 85.5 Å². The number of aromatic nitrogens is 2. The van der Waals surface area contributed by atoms with Crippen LogP contribution in [-0.2, 0) is 36.8 Å². The van der Waals surface area contributed by atoms with Gasteiger partial charge in [0.1, 0.15) is 18.1 Å². The van der Waals surface area contributed by atoms with Gasteiger partial charge >= 0.3 is 11.9 Å². The standard InChI is InChI=1S/C24H30N6O7/c25-16(9-14-5-2-1-3-6-14)21(33)28-17(11-20(31)32)22(34)29-18(10-15-12-26-13-27-15)23(35)30-8-4-7-19(30)24(36)37/h1-3,5-6,12-13,16-19H,4,7-11,25H2,(H,26,27)(H,28,33)(H,29,34)(H,31,32)(H,36,37). The van der Waals surface area contributed by atoms with E-state index in [1.165, 1.54) is 17.4 Å². The molecule has 13 heteroatoms. The summed E-state index contributed by atoms with van der Waals surface area (Å²) < 4.78 is 0. The number of aliphatic carboxylic acids is 2. The Morgan fingerprint density at radius 2 is 1.76 bits per heavy atom. The van der Waals surface area contributed by atoms with Crippen molar-refractivity contribution >= 4 is 29.7 Å². The number of aromatic amines is 1. The van der Waals surface area contributed by atoms with E-state index in [1.807, 2.05) is 6.07 Å². The van der Waals surface area contributed by atoms with Gasteiger partial charge in [-0.25, -0.2) is 9.78 Å². The number of H-pyrrole nitrogens is 1. The van der Waals surface area contributed by atoms with Crippen molar-refractivity contribution in [3.8, 4) is 0 Å². The first-order valence-electron chi connectivity index (χ1n) is 11.8. The molecule has 3 rings (SSSR count). The zero-order valence-corrected chi connectivity index (χ0v) is 20.0. The summed E-state index contributed by atoms with van der Waals surface area (Å²) >= 11 is 0. The third-order valence-corrected chi connectivity index (χ3v) is 6.06. The molecular formula is C24H30N6O7. The molecule has 0 bridgehead atoms. The third-order valence-electron chi connectivity index (χ3n) is 6.06. The van der Waals surface area contributed by atoms with E-state index in [-0.39, 0.29) is 25.8 Å². The molecule has 2 aromatic rings. The van der Waals surface area contributed by atoms with Crippen molar-refractivity contribution in [2.24, 2.45) is 5.73 Å². The smallest absolute Gasteiger partial charge is 0.326 e. The predicted molar refractivity (Wildman–Crippen MR) is 129 cm³/mol. The number of hydrogen-bond donors (Lipinski definition) is 6. The molecule has 37 heavy (non-hydrogen) atoms. The molecule has 3 amide bonds. The molecular weight excluding hydrogens is 484 g/mol. The van der Waals surface area contributed by atoms with Crippen molar-refractivity contribution in [2.45, 2.75) is 56.3 Å². The van der Waals surface area contributed by atoms with Gasteiger partial charge in [0.15, 0.2) is 0 Å². The van der Waals surface area contributed by atoms with Crippen LogP contribution in [0, 0.1) is 0 Å². The van der Waals surface area contributed by atoms with Crippen LogP contribution in [0.2, 0.25) is 0 Å². The molecule has 13 nitrogen and oxygen atoms in total. The molecule has 1 saturated heterocycles. The van der Waals surface area contributed by atoms with E-state index in [1.54, 1.807) is 24.3 Å². The number of carbonyl (C=O) groups excluding carboxylic acids is 3. The first-order chi connectivity index (χ1) is 17.7. The van der Waals surface area contributed by atoms with Gasteiger partial charge in [-0.05, 0) is 24.8 Å². The number of carboxylic acids is 2. The number of likely N-dealkylation sites (tertiary alicyclic amines) is 1. The van der Waals surface area contributed by atoms with Gasteiger partial charge in [0.2, 0.25) is 17.7 Å². The highest BCUT2D eigenvalue weighted by Crippen LogP contribution is 2.19. The molecule has 1 aliphatic heterocycles. The maximum atomic E-state index is 13.3. The Balaban J connectivity index is 1.74. The van der Waals surface area contributed by atoms with Crippen LogP contribution in [0.1, 0.15) is 30.5 Å². The minimum atomic E-state index is -1.52. The molecule has 1 aliphatic rings. The summed E-state index contributed by atoms with van der Waals surface area (Å²) in [6.07, 6.45) is 2.98. The van der Waals surface area contributed by atoms with Crippen LogP contribution in [0.4, 0.5) is 0 Å². The average Bonchev–Trinajstić information content (AvgIpc) is 3.55. The highest BCUT2D eigenvalue weighted by Gasteiger charge is 2.39. The van der Waals surface area contributed by atoms with Crippen molar-refractivity contribution in [2.75, 3.05) is 6.54 Å². The number of carboxylic acid groups (broad SMARTS) is 2. The molecule has 198 valence electrons. The van der Waals surface area contributed by atoms with Crippen molar-refractivity contribution < 1.29 is 34.2 Å².